The van der Waals surface area contributed by atoms with Crippen LogP contribution >= 0.6 is 0 Å². The van der Waals surface area contributed by atoms with Crippen LogP contribution in [0.4, 0.5) is 14.5 Å². The SMILES string of the molecule is COC(=O)c1ncc(C#N)c(C(F)F)c1[N+](=O)[O-]. The largest absolute Gasteiger partial charge is 0.464 e. The number of nitriles is 1. The van der Waals surface area contributed by atoms with Gasteiger partial charge in [0.2, 0.25) is 5.69 Å². The lowest BCUT2D eigenvalue weighted by Gasteiger charge is -2.06. The smallest absolute Gasteiger partial charge is 0.363 e. The quantitative estimate of drug-likeness (QED) is 0.462. The Balaban J connectivity index is 3.69. The fourth-order valence-electron chi connectivity index (χ4n) is 1.26. The molecule has 0 bridgehead atoms. The molecule has 0 N–H and O–H groups in total. The van der Waals surface area contributed by atoms with Gasteiger partial charge in [-0.15, -0.1) is 0 Å². The fraction of sp³-hybridized carbons (Fsp3) is 0.222. The van der Waals surface area contributed by atoms with E-state index in [0.717, 1.165) is 7.11 Å². The van der Waals surface area contributed by atoms with Crippen molar-refractivity contribution in [2.24, 2.45) is 0 Å². The Labute approximate surface area is 98.8 Å². The summed E-state index contributed by atoms with van der Waals surface area (Å²) in [5.41, 5.74) is -3.88. The van der Waals surface area contributed by atoms with E-state index >= 15 is 0 Å². The highest BCUT2D eigenvalue weighted by Crippen LogP contribution is 2.33. The Morgan fingerprint density at radius 2 is 2.28 bits per heavy atom. The van der Waals surface area contributed by atoms with E-state index < -0.39 is 39.8 Å². The number of pyridine rings is 1. The van der Waals surface area contributed by atoms with E-state index in [-0.39, 0.29) is 0 Å². The molecular weight excluding hydrogens is 252 g/mol. The maximum atomic E-state index is 12.7. The van der Waals surface area contributed by atoms with Crippen molar-refractivity contribution in [2.45, 2.75) is 6.43 Å². The minimum absolute atomic E-state index is 0.663. The molecule has 7 nitrogen and oxygen atoms in total. The molecule has 0 aromatic carbocycles. The molecule has 1 rings (SSSR count). The number of nitrogens with zero attached hydrogens (tertiary/aromatic N) is 3. The van der Waals surface area contributed by atoms with E-state index in [1.807, 2.05) is 0 Å². The van der Waals surface area contributed by atoms with Crippen molar-refractivity contribution < 1.29 is 23.2 Å². The van der Waals surface area contributed by atoms with Crippen molar-refractivity contribution in [1.29, 1.82) is 5.26 Å². The molecule has 0 radical (unpaired) electrons. The molecule has 0 aliphatic carbocycles. The van der Waals surface area contributed by atoms with Crippen LogP contribution < -0.4 is 0 Å². The van der Waals surface area contributed by atoms with Gasteiger partial charge in [0.15, 0.2) is 0 Å². The first-order valence-corrected chi connectivity index (χ1v) is 4.37. The minimum Gasteiger partial charge on any atom is -0.464 e. The number of hydrogen-bond donors (Lipinski definition) is 0. The minimum atomic E-state index is -3.29. The lowest BCUT2D eigenvalue weighted by atomic mass is 10.1. The third-order valence-electron chi connectivity index (χ3n) is 1.99. The monoisotopic (exact) mass is 257 g/mol. The average Bonchev–Trinajstić information content (AvgIpc) is 2.35. The van der Waals surface area contributed by atoms with Crippen LogP contribution in [-0.2, 0) is 4.74 Å². The summed E-state index contributed by atoms with van der Waals surface area (Å²) in [7, 11) is 0.925. The molecule has 9 heteroatoms. The van der Waals surface area contributed by atoms with Gasteiger partial charge in [-0.2, -0.15) is 5.26 Å². The van der Waals surface area contributed by atoms with Gasteiger partial charge in [0, 0.05) is 6.20 Å². The maximum absolute atomic E-state index is 12.7. The summed E-state index contributed by atoms with van der Waals surface area (Å²) < 4.78 is 29.7. The third-order valence-corrected chi connectivity index (χ3v) is 1.99. The first-order chi connectivity index (χ1) is 8.43. The molecule has 0 aliphatic rings. The van der Waals surface area contributed by atoms with Crippen LogP contribution in [0.3, 0.4) is 0 Å². The van der Waals surface area contributed by atoms with E-state index in [2.05, 4.69) is 9.72 Å². The Morgan fingerprint density at radius 3 is 2.67 bits per heavy atom. The van der Waals surface area contributed by atoms with Gasteiger partial charge >= 0.3 is 11.7 Å². The summed E-state index contributed by atoms with van der Waals surface area (Å²) in [6.45, 7) is 0. The van der Waals surface area contributed by atoms with Gasteiger partial charge < -0.3 is 4.74 Å². The van der Waals surface area contributed by atoms with Crippen LogP contribution in [0.5, 0.6) is 0 Å². The number of carbonyl (C=O) groups is 1. The van der Waals surface area contributed by atoms with Gasteiger partial charge in [-0.3, -0.25) is 10.1 Å². The number of nitro groups is 1. The molecular formula is C9H5F2N3O4. The number of esters is 1. The van der Waals surface area contributed by atoms with Crippen LogP contribution in [0, 0.1) is 21.4 Å². The third kappa shape index (κ3) is 2.22. The number of halogens is 2. The molecule has 0 saturated heterocycles. The molecule has 0 fully saturated rings. The molecule has 0 aliphatic heterocycles. The summed E-state index contributed by atoms with van der Waals surface area (Å²) in [5.74, 6) is -1.23. The summed E-state index contributed by atoms with van der Waals surface area (Å²) >= 11 is 0. The molecule has 1 aromatic heterocycles. The molecule has 0 atom stereocenters. The number of methoxy groups -OCH3 is 1. The molecule has 1 heterocycles. The Morgan fingerprint density at radius 1 is 1.67 bits per heavy atom. The number of ether oxygens (including phenoxy) is 1. The summed E-state index contributed by atoms with van der Waals surface area (Å²) in [6.07, 6.45) is -2.62. The van der Waals surface area contributed by atoms with Gasteiger partial charge in [-0.25, -0.2) is 18.6 Å². The lowest BCUT2D eigenvalue weighted by Crippen LogP contribution is -2.12. The van der Waals surface area contributed by atoms with Crippen molar-refractivity contribution in [1.82, 2.24) is 4.98 Å². The van der Waals surface area contributed by atoms with Gasteiger partial charge in [0.05, 0.1) is 17.6 Å². The Kier molecular flexibility index (Phi) is 3.83. The predicted octanol–water partition coefficient (Wildman–Crippen LogP) is 1.59. The van der Waals surface area contributed by atoms with E-state index in [0.29, 0.717) is 6.20 Å². The number of aromatic nitrogens is 1. The summed E-state index contributed by atoms with van der Waals surface area (Å²) in [4.78, 5) is 24.1. The number of carbonyl (C=O) groups excluding carboxylic acids is 1. The second-order valence-corrected chi connectivity index (χ2v) is 2.94. The van der Waals surface area contributed by atoms with Crippen molar-refractivity contribution in [3.63, 3.8) is 0 Å². The summed E-state index contributed by atoms with van der Waals surface area (Å²) in [5, 5.41) is 19.3. The van der Waals surface area contributed by atoms with Crippen LogP contribution in [0.2, 0.25) is 0 Å². The first kappa shape index (κ1) is 13.4. The highest BCUT2D eigenvalue weighted by molar-refractivity contribution is 5.92. The van der Waals surface area contributed by atoms with E-state index in [4.69, 9.17) is 5.26 Å². The van der Waals surface area contributed by atoms with Crippen molar-refractivity contribution in [3.8, 4) is 6.07 Å². The van der Waals surface area contributed by atoms with Crippen LogP contribution in [0.15, 0.2) is 6.20 Å². The second-order valence-electron chi connectivity index (χ2n) is 2.94. The zero-order valence-electron chi connectivity index (χ0n) is 8.89. The number of rotatable bonds is 3. The normalized spacial score (nSPS) is 9.94. The predicted molar refractivity (Wildman–Crippen MR) is 51.9 cm³/mol. The van der Waals surface area contributed by atoms with Crippen LogP contribution in [-0.4, -0.2) is 23.0 Å². The van der Waals surface area contributed by atoms with Crippen LogP contribution in [0.1, 0.15) is 28.0 Å². The average molecular weight is 257 g/mol. The zero-order valence-corrected chi connectivity index (χ0v) is 8.89. The van der Waals surface area contributed by atoms with Crippen molar-refractivity contribution in [2.75, 3.05) is 7.11 Å². The topological polar surface area (TPSA) is 106 Å². The van der Waals surface area contributed by atoms with Gasteiger partial charge in [0.25, 0.3) is 6.43 Å². The van der Waals surface area contributed by atoms with E-state index in [1.165, 1.54) is 6.07 Å². The Hall–Kier alpha value is -2.63. The van der Waals surface area contributed by atoms with Crippen molar-refractivity contribution >= 4 is 11.7 Å². The molecule has 94 valence electrons. The first-order valence-electron chi connectivity index (χ1n) is 4.37. The summed E-state index contributed by atoms with van der Waals surface area (Å²) in [6, 6.07) is 1.36. The molecule has 0 saturated carbocycles. The van der Waals surface area contributed by atoms with Gasteiger partial charge in [-0.1, -0.05) is 0 Å². The molecule has 1 aromatic rings. The zero-order chi connectivity index (χ0) is 13.9. The van der Waals surface area contributed by atoms with E-state index in [9.17, 15) is 23.7 Å². The molecule has 18 heavy (non-hydrogen) atoms. The van der Waals surface area contributed by atoms with Gasteiger partial charge in [-0.05, 0) is 0 Å². The highest BCUT2D eigenvalue weighted by atomic mass is 19.3. The molecule has 0 amide bonds. The van der Waals surface area contributed by atoms with E-state index in [1.54, 1.807) is 0 Å². The lowest BCUT2D eigenvalue weighted by molar-refractivity contribution is -0.386. The molecule has 0 spiro atoms. The Bertz CT molecular complexity index is 553. The van der Waals surface area contributed by atoms with Gasteiger partial charge in [0.1, 0.15) is 11.6 Å². The second kappa shape index (κ2) is 5.13. The maximum Gasteiger partial charge on any atom is 0.363 e. The number of hydrogen-bond acceptors (Lipinski definition) is 6. The fourth-order valence-corrected chi connectivity index (χ4v) is 1.26. The van der Waals surface area contributed by atoms with Crippen molar-refractivity contribution in [3.05, 3.63) is 33.1 Å². The standard InChI is InChI=1S/C9H5F2N3O4/c1-18-9(15)6-7(14(16)17)5(8(10)11)4(2-12)3-13-6/h3,8H,1H3. The van der Waals surface area contributed by atoms with Crippen LogP contribution in [0.25, 0.3) is 0 Å². The number of alkyl halides is 2. The molecule has 0 unspecified atom stereocenters. The highest BCUT2D eigenvalue weighted by Gasteiger charge is 2.34.